The zero-order chi connectivity index (χ0) is 14.7. The maximum Gasteiger partial charge on any atom is 0.275 e. The van der Waals surface area contributed by atoms with Gasteiger partial charge < -0.3 is 10.1 Å². The maximum atomic E-state index is 13.8. The fraction of sp³-hybridized carbons (Fsp3) is 0.538. The van der Waals surface area contributed by atoms with Crippen LogP contribution in [0.4, 0.5) is 14.5 Å². The van der Waals surface area contributed by atoms with Crippen LogP contribution >= 0.6 is 0 Å². The third-order valence-corrected chi connectivity index (χ3v) is 3.54. The molecule has 0 aliphatic heterocycles. The van der Waals surface area contributed by atoms with Gasteiger partial charge in [0.25, 0.3) is 5.69 Å². The average molecular weight is 286 g/mol. The van der Waals surface area contributed by atoms with Gasteiger partial charge in [-0.2, -0.15) is 0 Å². The molecule has 110 valence electrons. The molecule has 2 rings (SSSR count). The molecule has 0 bridgehead atoms. The summed E-state index contributed by atoms with van der Waals surface area (Å²) in [4.78, 5) is 9.69. The van der Waals surface area contributed by atoms with Crippen molar-refractivity contribution in [2.45, 2.75) is 37.8 Å². The minimum absolute atomic E-state index is 0.0257. The van der Waals surface area contributed by atoms with Crippen molar-refractivity contribution in [1.29, 1.82) is 0 Å². The summed E-state index contributed by atoms with van der Waals surface area (Å²) in [6, 6.07) is 1.38. The second kappa shape index (κ2) is 6.13. The van der Waals surface area contributed by atoms with Crippen molar-refractivity contribution in [3.05, 3.63) is 33.9 Å². The fourth-order valence-electron chi connectivity index (χ4n) is 2.48. The molecule has 1 N–H and O–H groups in total. The molecule has 1 saturated carbocycles. The lowest BCUT2D eigenvalue weighted by atomic mass is 9.92. The van der Waals surface area contributed by atoms with Crippen LogP contribution < -0.4 is 10.1 Å². The first-order valence-electron chi connectivity index (χ1n) is 6.50. The maximum absolute atomic E-state index is 13.8. The number of halogens is 2. The van der Waals surface area contributed by atoms with Crippen molar-refractivity contribution in [3.63, 3.8) is 0 Å². The van der Waals surface area contributed by atoms with E-state index in [1.807, 2.05) is 0 Å². The molecule has 2 unspecified atom stereocenters. The number of hydrogen-bond donors (Lipinski definition) is 1. The molecular weight excluding hydrogens is 270 g/mol. The van der Waals surface area contributed by atoms with E-state index in [2.05, 4.69) is 5.32 Å². The number of hydrogen-bond acceptors (Lipinski definition) is 4. The third-order valence-electron chi connectivity index (χ3n) is 3.54. The molecular formula is C13H16F2N2O3. The molecule has 1 aromatic rings. The highest BCUT2D eigenvalue weighted by Gasteiger charge is 2.28. The van der Waals surface area contributed by atoms with E-state index in [1.165, 1.54) is 0 Å². The summed E-state index contributed by atoms with van der Waals surface area (Å²) in [6.45, 7) is 0. The van der Waals surface area contributed by atoms with Gasteiger partial charge >= 0.3 is 0 Å². The second-order valence-electron chi connectivity index (χ2n) is 4.83. The first-order valence-corrected chi connectivity index (χ1v) is 6.50. The van der Waals surface area contributed by atoms with Crippen LogP contribution in [0.1, 0.15) is 25.7 Å². The number of nitrogens with zero attached hydrogens (tertiary/aromatic N) is 1. The molecule has 7 heteroatoms. The van der Waals surface area contributed by atoms with Gasteiger partial charge in [0.1, 0.15) is 6.10 Å². The molecule has 0 aromatic heterocycles. The van der Waals surface area contributed by atoms with Crippen molar-refractivity contribution in [1.82, 2.24) is 5.32 Å². The van der Waals surface area contributed by atoms with E-state index >= 15 is 0 Å². The number of rotatable bonds is 4. The first kappa shape index (κ1) is 14.6. The van der Waals surface area contributed by atoms with Crippen LogP contribution in [0.5, 0.6) is 5.75 Å². The van der Waals surface area contributed by atoms with Gasteiger partial charge in [0.2, 0.25) is 0 Å². The van der Waals surface area contributed by atoms with E-state index in [-0.39, 0.29) is 12.1 Å². The van der Waals surface area contributed by atoms with Crippen LogP contribution in [-0.4, -0.2) is 24.1 Å². The normalized spacial score (nSPS) is 22.6. The summed E-state index contributed by atoms with van der Waals surface area (Å²) in [5.41, 5.74) is -0.624. The first-order chi connectivity index (χ1) is 9.52. The van der Waals surface area contributed by atoms with Gasteiger partial charge in [0.05, 0.1) is 17.1 Å². The van der Waals surface area contributed by atoms with Crippen LogP contribution in [0.25, 0.3) is 0 Å². The van der Waals surface area contributed by atoms with Crippen molar-refractivity contribution in [2.24, 2.45) is 0 Å². The number of non-ortho nitro benzene ring substituents is 1. The summed E-state index contributed by atoms with van der Waals surface area (Å²) < 4.78 is 33.0. The molecule has 2 atom stereocenters. The predicted molar refractivity (Wildman–Crippen MR) is 68.7 cm³/mol. The van der Waals surface area contributed by atoms with Crippen LogP contribution in [-0.2, 0) is 0 Å². The largest absolute Gasteiger partial charge is 0.483 e. The molecule has 0 amide bonds. The van der Waals surface area contributed by atoms with Crippen LogP contribution in [0, 0.1) is 21.7 Å². The lowest BCUT2D eigenvalue weighted by molar-refractivity contribution is -0.385. The molecule has 0 saturated heterocycles. The highest BCUT2D eigenvalue weighted by molar-refractivity contribution is 5.39. The van der Waals surface area contributed by atoms with Gasteiger partial charge in [-0.05, 0) is 26.3 Å². The summed E-state index contributed by atoms with van der Waals surface area (Å²) >= 11 is 0. The highest BCUT2D eigenvalue weighted by Crippen LogP contribution is 2.30. The Bertz CT molecular complexity index is 487. The SMILES string of the molecule is CNC1CCCCC1Oc1c(F)cc([N+](=O)[O-])cc1F. The van der Waals surface area contributed by atoms with Gasteiger partial charge in [-0.25, -0.2) is 8.78 Å². The number of nitro benzene ring substituents is 1. The van der Waals surface area contributed by atoms with Gasteiger partial charge in [0.15, 0.2) is 17.4 Å². The lowest BCUT2D eigenvalue weighted by Gasteiger charge is -2.31. The summed E-state index contributed by atoms with van der Waals surface area (Å²) in [7, 11) is 1.77. The van der Waals surface area contributed by atoms with Crippen molar-refractivity contribution in [3.8, 4) is 5.75 Å². The van der Waals surface area contributed by atoms with Crippen LogP contribution in [0.15, 0.2) is 12.1 Å². The van der Waals surface area contributed by atoms with E-state index in [0.717, 1.165) is 19.3 Å². The molecule has 0 heterocycles. The Hall–Kier alpha value is -1.76. The predicted octanol–water partition coefficient (Wildman–Crippen LogP) is 2.78. The van der Waals surface area contributed by atoms with Gasteiger partial charge in [-0.3, -0.25) is 10.1 Å². The standard InChI is InChI=1S/C13H16F2N2O3/c1-16-11-4-2-3-5-12(11)20-13-9(14)6-8(17(18)19)7-10(13)15/h6-7,11-12,16H,2-5H2,1H3. The van der Waals surface area contributed by atoms with Crippen molar-refractivity contribution in [2.75, 3.05) is 7.05 Å². The second-order valence-corrected chi connectivity index (χ2v) is 4.83. The van der Waals surface area contributed by atoms with Gasteiger partial charge in [0, 0.05) is 6.04 Å². The Morgan fingerprint density at radius 3 is 2.45 bits per heavy atom. The zero-order valence-corrected chi connectivity index (χ0v) is 11.1. The fourth-order valence-corrected chi connectivity index (χ4v) is 2.48. The molecule has 1 aliphatic rings. The smallest absolute Gasteiger partial charge is 0.275 e. The Morgan fingerprint density at radius 1 is 1.30 bits per heavy atom. The topological polar surface area (TPSA) is 64.4 Å². The summed E-state index contributed by atoms with van der Waals surface area (Å²) in [5, 5.41) is 13.6. The summed E-state index contributed by atoms with van der Waals surface area (Å²) in [6.07, 6.45) is 3.20. The highest BCUT2D eigenvalue weighted by atomic mass is 19.1. The van der Waals surface area contributed by atoms with Crippen molar-refractivity contribution < 1.29 is 18.4 Å². The number of nitro groups is 1. The van der Waals surface area contributed by atoms with E-state index in [9.17, 15) is 18.9 Å². The molecule has 0 radical (unpaired) electrons. The van der Waals surface area contributed by atoms with E-state index in [0.29, 0.717) is 18.6 Å². The Kier molecular flexibility index (Phi) is 4.49. The van der Waals surface area contributed by atoms with Crippen LogP contribution in [0.3, 0.4) is 0 Å². The molecule has 20 heavy (non-hydrogen) atoms. The molecule has 1 fully saturated rings. The monoisotopic (exact) mass is 286 g/mol. The third kappa shape index (κ3) is 3.04. The Morgan fingerprint density at radius 2 is 1.90 bits per heavy atom. The van der Waals surface area contributed by atoms with Crippen LogP contribution in [0.2, 0.25) is 0 Å². The van der Waals surface area contributed by atoms with Crippen molar-refractivity contribution >= 4 is 5.69 Å². The molecule has 0 spiro atoms. The Labute approximate surface area is 115 Å². The lowest BCUT2D eigenvalue weighted by Crippen LogP contribution is -2.43. The average Bonchev–Trinajstić information content (AvgIpc) is 2.42. The van der Waals surface area contributed by atoms with E-state index in [4.69, 9.17) is 4.74 Å². The number of nitrogens with one attached hydrogen (secondary N) is 1. The van der Waals surface area contributed by atoms with Gasteiger partial charge in [-0.1, -0.05) is 6.42 Å². The number of benzene rings is 1. The summed E-state index contributed by atoms with van der Waals surface area (Å²) in [5.74, 6) is -2.63. The minimum atomic E-state index is -1.04. The zero-order valence-electron chi connectivity index (χ0n) is 11.1. The molecule has 1 aromatic carbocycles. The number of ether oxygens (including phenoxy) is 1. The van der Waals surface area contributed by atoms with E-state index < -0.39 is 28.0 Å². The minimum Gasteiger partial charge on any atom is -0.483 e. The van der Waals surface area contributed by atoms with E-state index in [1.54, 1.807) is 7.05 Å². The van der Waals surface area contributed by atoms with Gasteiger partial charge in [-0.15, -0.1) is 0 Å². The molecule has 1 aliphatic carbocycles. The quantitative estimate of drug-likeness (QED) is 0.683. The Balaban J connectivity index is 2.22. The number of likely N-dealkylation sites (N-methyl/N-ethyl adjacent to an activating group) is 1. The molecule has 5 nitrogen and oxygen atoms in total.